The number of hydrogen-bond donors (Lipinski definition) is 19. The topological polar surface area (TPSA) is 587 Å². The summed E-state index contributed by atoms with van der Waals surface area (Å²) in [6, 6.07) is 1.38. The number of guanidine groups is 2. The normalized spacial score (nSPS) is 15.3. The van der Waals surface area contributed by atoms with Crippen LogP contribution in [0.4, 0.5) is 0 Å². The predicted octanol–water partition coefficient (Wildman–Crippen LogP) is -3.93. The first kappa shape index (κ1) is 86.5. The van der Waals surface area contributed by atoms with Gasteiger partial charge in [0.15, 0.2) is 11.9 Å². The Hall–Kier alpha value is -9.75. The number of rotatable bonds is 43. The number of likely N-dealkylation sites (tertiary alicyclic amines) is 1. The highest BCUT2D eigenvalue weighted by atomic mass is 32.2. The smallest absolute Gasteiger partial charge is 0.300 e. The second kappa shape index (κ2) is 45.9. The fraction of sp³-hybridized carbons (Fsp3) is 0.554. The molecule has 25 N–H and O–H groups in total. The molecule has 0 spiro atoms. The number of aliphatic hydroxyl groups is 1. The summed E-state index contributed by atoms with van der Waals surface area (Å²) in [5.41, 5.74) is 35.2. The molecule has 102 heavy (non-hydrogen) atoms. The van der Waals surface area contributed by atoms with Crippen molar-refractivity contribution in [3.05, 3.63) is 83.9 Å². The highest BCUT2D eigenvalue weighted by Gasteiger charge is 2.42. The number of aromatic nitrogens is 2. The molecule has 1 aromatic heterocycles. The number of carbonyl (C=O) groups excluding carboxylic acids is 11. The van der Waals surface area contributed by atoms with E-state index in [1.54, 1.807) is 36.6 Å². The van der Waals surface area contributed by atoms with Crippen LogP contribution >= 0.6 is 23.5 Å². The van der Waals surface area contributed by atoms with Gasteiger partial charge < -0.3 is 107 Å². The minimum Gasteiger partial charge on any atom is -0.508 e. The Bertz CT molecular complexity index is 3270. The molecule has 0 aliphatic carbocycles. The van der Waals surface area contributed by atoms with E-state index in [0.717, 1.165) is 6.92 Å². The average Bonchev–Trinajstić information content (AvgIpc) is 1.67. The highest BCUT2D eigenvalue weighted by molar-refractivity contribution is 7.98. The molecule has 11 atom stereocenters. The van der Waals surface area contributed by atoms with Crippen LogP contribution in [0.5, 0.6) is 5.75 Å². The lowest BCUT2D eigenvalue weighted by atomic mass is 10.0. The van der Waals surface area contributed by atoms with Crippen LogP contribution in [0.3, 0.4) is 0 Å². The molecule has 0 radical (unpaired) electrons. The standard InChI is InChI=1S/C63H98N20O13S2.C2H4O2/c1-35(2)28-45(57(92)76-42(52(65)87)21-26-97-4)75-50(86)33-73-54(89)46(30-38-17-19-40(85)20-18-38)80-58(93)47(29-37-12-7-6-8-13-37)81-55(90)44(22-27-98-5)78-60(95)49-16-11-25-83(49)61(96)51(36(3)84)82-56(91)43(15-10-24-72-63(68)69)77-59(94)48(31-39-32-70-34-74-39)79-53(88)41(64)14-9-23-71-62(66)67;1-2(3)4/h6-8,12-13,17-20,32,34-36,41-49,51,84-85H,9-11,14-16,21-31,33,64H2,1-5H3,(H2,65,87)(H,70,74)(H,73,89)(H,75,86)(H,76,92)(H,77,94)(H,78,95)(H,79,88)(H,80,93)(H,81,90)(H,82,91)(H4,66,67,71)(H4,68,69,72);1H3,(H,3,4)/t36-,41+,42+,43+,44+,45+,46+,47+,48+,49+,51+;/m1./s1. The third kappa shape index (κ3) is 32.7. The first-order chi connectivity index (χ1) is 48.3. The number of thioether (sulfide) groups is 2. The first-order valence-electron chi connectivity index (χ1n) is 33.1. The number of amides is 11. The molecule has 1 aliphatic heterocycles. The van der Waals surface area contributed by atoms with Crippen molar-refractivity contribution >= 4 is 106 Å². The van der Waals surface area contributed by atoms with E-state index in [1.165, 1.54) is 72.1 Å². The number of aliphatic carboxylic acids is 1. The number of aromatic amines is 1. The van der Waals surface area contributed by atoms with Crippen molar-refractivity contribution in [3.8, 4) is 5.75 Å². The molecule has 4 rings (SSSR count). The molecule has 0 unspecified atom stereocenters. The summed E-state index contributed by atoms with van der Waals surface area (Å²) >= 11 is 2.81. The van der Waals surface area contributed by atoms with Crippen LogP contribution in [-0.4, -0.2) is 230 Å². The molecule has 0 saturated carbocycles. The molecular weight excluding hydrogens is 1360 g/mol. The van der Waals surface area contributed by atoms with E-state index < -0.39 is 144 Å². The van der Waals surface area contributed by atoms with Gasteiger partial charge in [-0.2, -0.15) is 23.5 Å². The lowest BCUT2D eigenvalue weighted by Gasteiger charge is -2.32. The zero-order valence-electron chi connectivity index (χ0n) is 58.3. The van der Waals surface area contributed by atoms with Crippen molar-refractivity contribution in [1.29, 1.82) is 0 Å². The third-order valence-corrected chi connectivity index (χ3v) is 16.9. The van der Waals surface area contributed by atoms with E-state index in [1.807, 2.05) is 20.1 Å². The second-order valence-electron chi connectivity index (χ2n) is 24.6. The molecule has 1 aliphatic rings. The van der Waals surface area contributed by atoms with Crippen LogP contribution in [-0.2, 0) is 76.8 Å². The number of nitrogens with zero attached hydrogens (tertiary/aromatic N) is 4. The van der Waals surface area contributed by atoms with Gasteiger partial charge in [0.25, 0.3) is 5.97 Å². The third-order valence-electron chi connectivity index (χ3n) is 15.6. The number of hydrogen-bond acceptors (Lipinski definition) is 20. The summed E-state index contributed by atoms with van der Waals surface area (Å²) in [6.07, 6.45) is 5.72. The lowest BCUT2D eigenvalue weighted by molar-refractivity contribution is -0.144. The van der Waals surface area contributed by atoms with E-state index >= 15 is 0 Å². The number of nitrogens with two attached hydrogens (primary N) is 6. The number of H-pyrrole nitrogens is 1. The number of benzene rings is 2. The molecular formula is C65H102N20O15S2. The number of aliphatic imine (C=N–C) groups is 2. The molecule has 0 bridgehead atoms. The summed E-state index contributed by atoms with van der Waals surface area (Å²) in [5.74, 6) is -9.29. The Morgan fingerprint density at radius 2 is 1.11 bits per heavy atom. The van der Waals surface area contributed by atoms with Gasteiger partial charge in [0.05, 0.1) is 25.0 Å². The van der Waals surface area contributed by atoms with Gasteiger partial charge in [-0.05, 0) is 118 Å². The fourth-order valence-corrected chi connectivity index (χ4v) is 11.4. The number of nitrogens with one attached hydrogen (secondary N) is 10. The van der Waals surface area contributed by atoms with Gasteiger partial charge in [0, 0.05) is 57.7 Å². The number of aromatic hydroxyl groups is 1. The number of phenols is 1. The monoisotopic (exact) mass is 1470 g/mol. The van der Waals surface area contributed by atoms with Crippen LogP contribution in [0.25, 0.3) is 0 Å². The molecule has 1 saturated heterocycles. The van der Waals surface area contributed by atoms with Crippen molar-refractivity contribution in [3.63, 3.8) is 0 Å². The number of imidazole rings is 1. The Labute approximate surface area is 600 Å². The lowest BCUT2D eigenvalue weighted by Crippen LogP contribution is -2.62. The second-order valence-corrected chi connectivity index (χ2v) is 26.6. The van der Waals surface area contributed by atoms with Crippen molar-refractivity contribution in [2.75, 3.05) is 50.2 Å². The van der Waals surface area contributed by atoms with Crippen LogP contribution in [0.15, 0.2) is 77.1 Å². The van der Waals surface area contributed by atoms with Crippen molar-refractivity contribution < 1.29 is 72.9 Å². The summed E-state index contributed by atoms with van der Waals surface area (Å²) < 4.78 is 0. The van der Waals surface area contributed by atoms with E-state index in [2.05, 4.69) is 67.8 Å². The van der Waals surface area contributed by atoms with Gasteiger partial charge in [0.2, 0.25) is 65.0 Å². The van der Waals surface area contributed by atoms with Gasteiger partial charge in [-0.1, -0.05) is 56.3 Å². The van der Waals surface area contributed by atoms with Crippen LogP contribution in [0.2, 0.25) is 0 Å². The zero-order chi connectivity index (χ0) is 76.0. The van der Waals surface area contributed by atoms with Gasteiger partial charge in [-0.3, -0.25) is 67.5 Å². The summed E-state index contributed by atoms with van der Waals surface area (Å²) in [4.78, 5) is 179. The van der Waals surface area contributed by atoms with E-state index in [0.29, 0.717) is 34.7 Å². The Morgan fingerprint density at radius 3 is 1.65 bits per heavy atom. The fourth-order valence-electron chi connectivity index (χ4n) is 10.4. The molecule has 564 valence electrons. The summed E-state index contributed by atoms with van der Waals surface area (Å²) in [5, 5.41) is 52.6. The van der Waals surface area contributed by atoms with Crippen LogP contribution in [0, 0.1) is 5.92 Å². The maximum Gasteiger partial charge on any atom is 0.300 e. The maximum absolute atomic E-state index is 14.7. The number of carboxylic acid groups (broad SMARTS) is 1. The number of carbonyl (C=O) groups is 12. The van der Waals surface area contributed by atoms with Crippen molar-refractivity contribution in [1.82, 2.24) is 62.7 Å². The summed E-state index contributed by atoms with van der Waals surface area (Å²) in [6.45, 7) is 5.53. The molecule has 2 aromatic carbocycles. The average molecular weight is 1470 g/mol. The molecule has 3 aromatic rings. The zero-order valence-corrected chi connectivity index (χ0v) is 60.0. The quantitative estimate of drug-likeness (QED) is 0.0146. The molecule has 2 heterocycles. The minimum absolute atomic E-state index is 0.0160. The largest absolute Gasteiger partial charge is 0.508 e. The van der Waals surface area contributed by atoms with Gasteiger partial charge >= 0.3 is 0 Å². The maximum atomic E-state index is 14.7. The predicted molar refractivity (Wildman–Crippen MR) is 385 cm³/mol. The highest BCUT2D eigenvalue weighted by Crippen LogP contribution is 2.21. The number of primary amides is 1. The SMILES string of the molecule is CC(=O)O.CSCC[C@H](NC(=O)[C@H](CC(C)C)NC(=O)CNC(=O)[C@H](Cc1ccc(O)cc1)NC(=O)[C@H](Cc1ccccc1)NC(=O)[C@H](CCSC)NC(=O)[C@@H]1CCCN1C(=O)[C@@H](NC(=O)[C@H](CCCN=C(N)N)NC(=O)[C@H](Cc1cnc[nH]1)NC(=O)[C@@H](N)CCCN=C(N)N)[C@@H](C)O)C(N)=O. The molecule has 11 amide bonds. The van der Waals surface area contributed by atoms with Gasteiger partial charge in [0.1, 0.15) is 60.1 Å². The Kier molecular flexibility index (Phi) is 38.9. The van der Waals surface area contributed by atoms with E-state index in [4.69, 9.17) is 44.3 Å². The van der Waals surface area contributed by atoms with Crippen LogP contribution < -0.4 is 82.3 Å². The van der Waals surface area contributed by atoms with Gasteiger partial charge in [-0.25, -0.2) is 4.98 Å². The number of carboxylic acids is 1. The minimum atomic E-state index is -1.70. The first-order valence-corrected chi connectivity index (χ1v) is 35.9. The van der Waals surface area contributed by atoms with Crippen molar-refractivity contribution in [2.24, 2.45) is 50.3 Å². The summed E-state index contributed by atoms with van der Waals surface area (Å²) in [7, 11) is 0. The van der Waals surface area contributed by atoms with E-state index in [9.17, 15) is 63.0 Å². The molecule has 37 heteroatoms. The van der Waals surface area contributed by atoms with E-state index in [-0.39, 0.29) is 114 Å². The Morgan fingerprint density at radius 1 is 0.618 bits per heavy atom. The van der Waals surface area contributed by atoms with Crippen molar-refractivity contribution in [2.45, 2.75) is 171 Å². The Balaban J connectivity index is 0.00000657. The van der Waals surface area contributed by atoms with Crippen LogP contribution in [0.1, 0.15) is 102 Å². The number of phenolic OH excluding ortho intramolecular Hbond substituents is 1. The molecule has 1 fully saturated rings. The molecule has 35 nitrogen and oxygen atoms in total. The number of aliphatic hydroxyl groups excluding tert-OH is 1. The van der Waals surface area contributed by atoms with Gasteiger partial charge in [-0.15, -0.1) is 0 Å².